The van der Waals surface area contributed by atoms with E-state index in [1.165, 1.54) is 7.11 Å². The van der Waals surface area contributed by atoms with Crippen LogP contribution in [0.3, 0.4) is 0 Å². The van der Waals surface area contributed by atoms with E-state index in [0.29, 0.717) is 22.5 Å². The fourth-order valence-electron chi connectivity index (χ4n) is 4.48. The van der Waals surface area contributed by atoms with Crippen LogP contribution in [0.5, 0.6) is 0 Å². The number of carbonyl (C=O) groups excluding carboxylic acids is 1. The Morgan fingerprint density at radius 2 is 1.38 bits per heavy atom. The number of nitrogens with two attached hydrogens (primary N) is 2. The molecule has 40 heavy (non-hydrogen) atoms. The zero-order chi connectivity index (χ0) is 28.4. The van der Waals surface area contributed by atoms with Crippen molar-refractivity contribution in [3.63, 3.8) is 0 Å². The Hall–Kier alpha value is -5.64. The van der Waals surface area contributed by atoms with E-state index in [1.807, 2.05) is 78.9 Å². The molecule has 0 bridgehead atoms. The van der Waals surface area contributed by atoms with Gasteiger partial charge in [0.1, 0.15) is 0 Å². The zero-order valence-electron chi connectivity index (χ0n) is 21.8. The third kappa shape index (κ3) is 5.05. The lowest BCUT2D eigenvalue weighted by Crippen LogP contribution is -2.01. The number of hydrogen-bond donors (Lipinski definition) is 4. The first-order valence-corrected chi connectivity index (χ1v) is 12.2. The van der Waals surface area contributed by atoms with E-state index < -0.39 is 11.9 Å². The summed E-state index contributed by atoms with van der Waals surface area (Å²) < 4.78 is 6.27. The second-order valence-electron chi connectivity index (χ2n) is 9.08. The summed E-state index contributed by atoms with van der Waals surface area (Å²) in [5.74, 6) is -1.47. The predicted molar refractivity (Wildman–Crippen MR) is 155 cm³/mol. The molecule has 0 spiro atoms. The van der Waals surface area contributed by atoms with E-state index in [1.54, 1.807) is 17.8 Å². The number of aryl methyl sites for hydroxylation is 1. The molecule has 4 aromatic carbocycles. The standard InChI is InChI=1S/2C15H13N3O2/c1-18-13-8-10(9-3-2-4-11(16)7-9)5-6-12(13)14(17-18)15(19)20;1-20-15(19)14-12-6-5-10(8-13(12)17-18-14)9-3-2-4-11(16)7-9/h2-8H,16H2,1H3,(H,19,20);2-8H,16H2,1H3,(H,17,18). The number of hydrogen-bond acceptors (Lipinski definition) is 7. The smallest absolute Gasteiger partial charge is 0.359 e. The van der Waals surface area contributed by atoms with Crippen LogP contribution in [-0.2, 0) is 11.8 Å². The van der Waals surface area contributed by atoms with Crippen molar-refractivity contribution in [1.82, 2.24) is 20.0 Å². The van der Waals surface area contributed by atoms with Crippen LogP contribution in [0.2, 0.25) is 0 Å². The number of ether oxygens (including phenoxy) is 1. The van der Waals surface area contributed by atoms with Crippen LogP contribution >= 0.6 is 0 Å². The number of carboxylic acids is 1. The molecule has 0 radical (unpaired) electrons. The van der Waals surface area contributed by atoms with Crippen molar-refractivity contribution in [2.45, 2.75) is 0 Å². The third-order valence-electron chi connectivity index (χ3n) is 6.44. The molecule has 0 atom stereocenters. The molecule has 0 aliphatic heterocycles. The Bertz CT molecular complexity index is 1890. The van der Waals surface area contributed by atoms with Crippen LogP contribution in [-0.4, -0.2) is 44.1 Å². The molecule has 0 unspecified atom stereocenters. The summed E-state index contributed by atoms with van der Waals surface area (Å²) in [7, 11) is 3.07. The van der Waals surface area contributed by atoms with Gasteiger partial charge in [-0.05, 0) is 70.8 Å². The Kier molecular flexibility index (Phi) is 6.90. The van der Waals surface area contributed by atoms with Gasteiger partial charge in [-0.15, -0.1) is 0 Å². The van der Waals surface area contributed by atoms with Gasteiger partial charge in [0.25, 0.3) is 0 Å². The highest BCUT2D eigenvalue weighted by Crippen LogP contribution is 2.28. The molecule has 0 fully saturated rings. The highest BCUT2D eigenvalue weighted by molar-refractivity contribution is 6.03. The highest BCUT2D eigenvalue weighted by Gasteiger charge is 2.16. The average molecular weight is 535 g/mol. The van der Waals surface area contributed by atoms with Crippen molar-refractivity contribution in [1.29, 1.82) is 0 Å². The fourth-order valence-corrected chi connectivity index (χ4v) is 4.48. The van der Waals surface area contributed by atoms with Crippen LogP contribution in [0.1, 0.15) is 21.0 Å². The number of nitrogens with one attached hydrogen (secondary N) is 1. The maximum absolute atomic E-state index is 11.6. The largest absolute Gasteiger partial charge is 0.476 e. The Balaban J connectivity index is 0.000000161. The molecule has 200 valence electrons. The summed E-state index contributed by atoms with van der Waals surface area (Å²) in [5, 5.41) is 21.4. The second kappa shape index (κ2) is 10.6. The summed E-state index contributed by atoms with van der Waals surface area (Å²) in [6, 6.07) is 26.5. The van der Waals surface area contributed by atoms with Crippen LogP contribution in [0.25, 0.3) is 44.1 Å². The summed E-state index contributed by atoms with van der Waals surface area (Å²) >= 11 is 0. The first-order chi connectivity index (χ1) is 19.2. The molecule has 0 saturated heterocycles. The van der Waals surface area contributed by atoms with Gasteiger partial charge in [0.05, 0.1) is 18.1 Å². The molecule has 2 aromatic heterocycles. The second-order valence-corrected chi connectivity index (χ2v) is 9.08. The molecule has 0 amide bonds. The number of anilines is 2. The van der Waals surface area contributed by atoms with Gasteiger partial charge < -0.3 is 21.3 Å². The number of aromatic amines is 1. The van der Waals surface area contributed by atoms with Gasteiger partial charge >= 0.3 is 11.9 Å². The van der Waals surface area contributed by atoms with Crippen LogP contribution in [0.4, 0.5) is 11.4 Å². The van der Waals surface area contributed by atoms with Gasteiger partial charge in [-0.2, -0.15) is 10.2 Å². The Morgan fingerprint density at radius 1 is 0.800 bits per heavy atom. The van der Waals surface area contributed by atoms with E-state index in [-0.39, 0.29) is 5.69 Å². The van der Waals surface area contributed by atoms with Crippen LogP contribution in [0, 0.1) is 0 Å². The van der Waals surface area contributed by atoms with Crippen molar-refractivity contribution in [3.05, 3.63) is 96.3 Å². The van der Waals surface area contributed by atoms with E-state index in [9.17, 15) is 9.59 Å². The summed E-state index contributed by atoms with van der Waals surface area (Å²) in [4.78, 5) is 22.7. The van der Waals surface area contributed by atoms with Gasteiger partial charge in [-0.1, -0.05) is 36.4 Å². The summed E-state index contributed by atoms with van der Waals surface area (Å²) in [5.41, 5.74) is 18.9. The van der Waals surface area contributed by atoms with E-state index >= 15 is 0 Å². The minimum Gasteiger partial charge on any atom is -0.476 e. The highest BCUT2D eigenvalue weighted by atomic mass is 16.5. The minimum absolute atomic E-state index is 0.0709. The lowest BCUT2D eigenvalue weighted by atomic mass is 10.0. The topological polar surface area (TPSA) is 162 Å². The quantitative estimate of drug-likeness (QED) is 0.179. The van der Waals surface area contributed by atoms with Gasteiger partial charge in [0.2, 0.25) is 0 Å². The molecule has 0 aliphatic carbocycles. The number of methoxy groups -OCH3 is 1. The molecule has 6 aromatic rings. The minimum atomic E-state index is -1.02. The SMILES string of the molecule is COC(=O)c1n[nH]c2cc(-c3cccc(N)c3)ccc12.Cn1nc(C(=O)O)c2ccc(-c3cccc(N)c3)cc21. The lowest BCUT2D eigenvalue weighted by Gasteiger charge is -2.04. The maximum atomic E-state index is 11.6. The first kappa shape index (κ1) is 26.0. The molecule has 0 saturated carbocycles. The molecule has 2 heterocycles. The zero-order valence-corrected chi connectivity index (χ0v) is 21.8. The van der Waals surface area contributed by atoms with Crippen LogP contribution in [0.15, 0.2) is 84.9 Å². The number of carbonyl (C=O) groups is 2. The van der Waals surface area contributed by atoms with Crippen molar-refractivity contribution in [3.8, 4) is 22.3 Å². The van der Waals surface area contributed by atoms with Crippen LogP contribution < -0.4 is 11.5 Å². The van der Waals surface area contributed by atoms with Crippen molar-refractivity contribution >= 4 is 45.1 Å². The fraction of sp³-hybridized carbons (Fsp3) is 0.0667. The number of carboxylic acid groups (broad SMARTS) is 1. The maximum Gasteiger partial charge on any atom is 0.359 e. The Morgan fingerprint density at radius 3 is 1.95 bits per heavy atom. The number of aromatic carboxylic acids is 1. The monoisotopic (exact) mass is 534 g/mol. The number of esters is 1. The van der Waals surface area contributed by atoms with Gasteiger partial charge in [0.15, 0.2) is 11.4 Å². The molecule has 0 aliphatic rings. The predicted octanol–water partition coefficient (Wildman–Crippen LogP) is 5.12. The number of fused-ring (bicyclic) bond motifs is 2. The number of nitrogen functional groups attached to an aromatic ring is 2. The van der Waals surface area contributed by atoms with Crippen molar-refractivity contribution < 1.29 is 19.4 Å². The molecule has 10 heteroatoms. The molecule has 6 N–H and O–H groups in total. The van der Waals surface area contributed by atoms with Gasteiger partial charge in [-0.3, -0.25) is 9.78 Å². The average Bonchev–Trinajstić information content (AvgIpc) is 3.53. The normalized spacial score (nSPS) is 10.8. The first-order valence-electron chi connectivity index (χ1n) is 12.2. The number of rotatable bonds is 4. The molecule has 6 rings (SSSR count). The molecular weight excluding hydrogens is 508 g/mol. The van der Waals surface area contributed by atoms with Gasteiger partial charge in [-0.25, -0.2) is 9.59 Å². The molecule has 10 nitrogen and oxygen atoms in total. The van der Waals surface area contributed by atoms with E-state index in [4.69, 9.17) is 21.3 Å². The van der Waals surface area contributed by atoms with Gasteiger partial charge in [0, 0.05) is 29.2 Å². The lowest BCUT2D eigenvalue weighted by molar-refractivity contribution is 0.0595. The number of aromatic nitrogens is 4. The number of H-pyrrole nitrogens is 1. The van der Waals surface area contributed by atoms with E-state index in [0.717, 1.165) is 38.7 Å². The Labute approximate surface area is 228 Å². The van der Waals surface area contributed by atoms with Crippen molar-refractivity contribution in [2.75, 3.05) is 18.6 Å². The summed E-state index contributed by atoms with van der Waals surface area (Å²) in [6.07, 6.45) is 0. The molecular formula is C30H26N6O4. The van der Waals surface area contributed by atoms with Crippen molar-refractivity contribution in [2.24, 2.45) is 7.05 Å². The number of benzene rings is 4. The number of nitrogens with zero attached hydrogens (tertiary/aromatic N) is 3. The third-order valence-corrected chi connectivity index (χ3v) is 6.44. The van der Waals surface area contributed by atoms with E-state index in [2.05, 4.69) is 15.3 Å². The summed E-state index contributed by atoms with van der Waals surface area (Å²) in [6.45, 7) is 0.